The Morgan fingerprint density at radius 2 is 2.08 bits per heavy atom. The number of nitro groups is 1. The highest BCUT2D eigenvalue weighted by atomic mass is 35.5. The number of nitro benzene ring substituents is 1. The van der Waals surface area contributed by atoms with Crippen LogP contribution in [0.15, 0.2) is 42.5 Å². The molecule has 26 heavy (non-hydrogen) atoms. The van der Waals surface area contributed by atoms with Crippen molar-refractivity contribution in [3.05, 3.63) is 63.4 Å². The molecule has 1 N–H and O–H groups in total. The van der Waals surface area contributed by atoms with E-state index in [1.165, 1.54) is 41.3 Å². The Morgan fingerprint density at radius 3 is 2.77 bits per heavy atom. The van der Waals surface area contributed by atoms with Crippen LogP contribution in [-0.2, 0) is 9.59 Å². The highest BCUT2D eigenvalue weighted by molar-refractivity contribution is 6.31. The second-order valence-corrected chi connectivity index (χ2v) is 6.21. The van der Waals surface area contributed by atoms with E-state index < -0.39 is 22.6 Å². The minimum atomic E-state index is -0.634. The summed E-state index contributed by atoms with van der Waals surface area (Å²) in [5.41, 5.74) is 0.542. The summed E-state index contributed by atoms with van der Waals surface area (Å²) < 4.78 is 13.3. The van der Waals surface area contributed by atoms with Crippen LogP contribution in [0.2, 0.25) is 5.02 Å². The fourth-order valence-electron chi connectivity index (χ4n) is 2.73. The minimum Gasteiger partial charge on any atom is -0.326 e. The zero-order chi connectivity index (χ0) is 18.8. The molecule has 0 aromatic heterocycles. The first-order chi connectivity index (χ1) is 12.3. The van der Waals surface area contributed by atoms with Crippen LogP contribution in [0.1, 0.15) is 6.42 Å². The van der Waals surface area contributed by atoms with Gasteiger partial charge in [-0.2, -0.15) is 0 Å². The molecular formula is C17H13ClFN3O4. The first-order valence-electron chi connectivity index (χ1n) is 7.66. The van der Waals surface area contributed by atoms with Crippen LogP contribution in [0, 0.1) is 21.8 Å². The van der Waals surface area contributed by atoms with Gasteiger partial charge in [-0.3, -0.25) is 19.7 Å². The summed E-state index contributed by atoms with van der Waals surface area (Å²) in [6.45, 7) is 0.113. The van der Waals surface area contributed by atoms with Crippen molar-refractivity contribution in [2.75, 3.05) is 16.8 Å². The normalized spacial score (nSPS) is 16.6. The molecule has 2 aromatic carbocycles. The number of nitrogens with one attached hydrogen (secondary N) is 1. The average molecular weight is 378 g/mol. The Morgan fingerprint density at radius 1 is 1.31 bits per heavy atom. The first-order valence-corrected chi connectivity index (χ1v) is 8.03. The predicted molar refractivity (Wildman–Crippen MR) is 93.6 cm³/mol. The van der Waals surface area contributed by atoms with Crippen LogP contribution in [-0.4, -0.2) is 23.3 Å². The number of non-ortho nitro benzene ring substituents is 1. The number of halogens is 2. The lowest BCUT2D eigenvalue weighted by Crippen LogP contribution is -2.28. The third-order valence-corrected chi connectivity index (χ3v) is 4.32. The van der Waals surface area contributed by atoms with E-state index in [2.05, 4.69) is 5.32 Å². The Kier molecular flexibility index (Phi) is 4.85. The summed E-state index contributed by atoms with van der Waals surface area (Å²) in [5, 5.41) is 13.3. The number of nitrogens with zero attached hydrogens (tertiary/aromatic N) is 2. The van der Waals surface area contributed by atoms with Gasteiger partial charge in [-0.15, -0.1) is 0 Å². The van der Waals surface area contributed by atoms with Crippen molar-refractivity contribution >= 4 is 40.5 Å². The lowest BCUT2D eigenvalue weighted by molar-refractivity contribution is -0.384. The van der Waals surface area contributed by atoms with Gasteiger partial charge in [-0.1, -0.05) is 17.7 Å². The highest BCUT2D eigenvalue weighted by Crippen LogP contribution is 2.29. The Bertz CT molecular complexity index is 905. The van der Waals surface area contributed by atoms with E-state index in [4.69, 9.17) is 11.6 Å². The Hall–Kier alpha value is -3.00. The quantitative estimate of drug-likeness (QED) is 0.653. The number of rotatable bonds is 4. The summed E-state index contributed by atoms with van der Waals surface area (Å²) in [6.07, 6.45) is -0.0181. The number of amides is 2. The smallest absolute Gasteiger partial charge is 0.271 e. The number of hydrogen-bond donors (Lipinski definition) is 1. The molecule has 134 valence electrons. The maximum absolute atomic E-state index is 13.3. The van der Waals surface area contributed by atoms with Crippen LogP contribution in [0.25, 0.3) is 0 Å². The maximum atomic E-state index is 13.3. The topological polar surface area (TPSA) is 92.5 Å². The van der Waals surface area contributed by atoms with Gasteiger partial charge in [0.25, 0.3) is 5.69 Å². The summed E-state index contributed by atoms with van der Waals surface area (Å²) in [7, 11) is 0. The van der Waals surface area contributed by atoms with Gasteiger partial charge in [0.05, 0.1) is 15.9 Å². The molecule has 1 atom stereocenters. The lowest BCUT2D eigenvalue weighted by atomic mass is 10.1. The molecule has 0 saturated carbocycles. The van der Waals surface area contributed by atoms with Gasteiger partial charge in [0, 0.05) is 36.5 Å². The molecule has 7 nitrogen and oxygen atoms in total. The van der Waals surface area contributed by atoms with Crippen molar-refractivity contribution in [1.29, 1.82) is 0 Å². The van der Waals surface area contributed by atoms with Crippen LogP contribution in [0.4, 0.5) is 21.5 Å². The molecule has 1 fully saturated rings. The van der Waals surface area contributed by atoms with E-state index in [0.717, 1.165) is 6.07 Å². The van der Waals surface area contributed by atoms with E-state index in [9.17, 15) is 24.1 Å². The SMILES string of the molecule is O=C(Nc1cccc([N+](=O)[O-])c1)C1CC(=O)N(c2ccc(F)c(Cl)c2)C1. The fourth-order valence-corrected chi connectivity index (χ4v) is 2.90. The molecule has 9 heteroatoms. The van der Waals surface area contributed by atoms with E-state index in [1.807, 2.05) is 0 Å². The number of carbonyl (C=O) groups excluding carboxylic acids is 2. The van der Waals surface area contributed by atoms with E-state index in [-0.39, 0.29) is 35.3 Å². The second kappa shape index (κ2) is 7.09. The molecular weight excluding hydrogens is 365 g/mol. The fraction of sp³-hybridized carbons (Fsp3) is 0.176. The van der Waals surface area contributed by atoms with Crippen molar-refractivity contribution in [1.82, 2.24) is 0 Å². The molecule has 2 aromatic rings. The van der Waals surface area contributed by atoms with Crippen LogP contribution in [0.5, 0.6) is 0 Å². The molecule has 1 aliphatic heterocycles. The van der Waals surface area contributed by atoms with E-state index in [1.54, 1.807) is 0 Å². The number of anilines is 2. The molecule has 2 amide bonds. The standard InChI is InChI=1S/C17H13ClFN3O4/c18-14-8-12(4-5-15(14)19)21-9-10(6-16(21)23)17(24)20-11-2-1-3-13(7-11)22(25)26/h1-5,7-8,10H,6,9H2,(H,20,24). The van der Waals surface area contributed by atoms with E-state index >= 15 is 0 Å². The van der Waals surface area contributed by atoms with Crippen molar-refractivity contribution in [2.45, 2.75) is 6.42 Å². The molecule has 0 spiro atoms. The van der Waals surface area contributed by atoms with Crippen molar-refractivity contribution in [3.8, 4) is 0 Å². The highest BCUT2D eigenvalue weighted by Gasteiger charge is 2.35. The zero-order valence-electron chi connectivity index (χ0n) is 13.3. The molecule has 1 unspecified atom stereocenters. The van der Waals surface area contributed by atoms with Crippen molar-refractivity contribution in [2.24, 2.45) is 5.92 Å². The maximum Gasteiger partial charge on any atom is 0.271 e. The average Bonchev–Trinajstić information content (AvgIpc) is 2.99. The molecule has 3 rings (SSSR count). The predicted octanol–water partition coefficient (Wildman–Crippen LogP) is 3.38. The summed E-state index contributed by atoms with van der Waals surface area (Å²) in [5.74, 6) is -1.94. The second-order valence-electron chi connectivity index (χ2n) is 5.80. The van der Waals surface area contributed by atoms with Crippen molar-refractivity contribution < 1.29 is 18.9 Å². The molecule has 1 aliphatic rings. The third-order valence-electron chi connectivity index (χ3n) is 4.04. The molecule has 0 aliphatic carbocycles. The van der Waals surface area contributed by atoms with Crippen LogP contribution < -0.4 is 10.2 Å². The Labute approximate surface area is 152 Å². The zero-order valence-corrected chi connectivity index (χ0v) is 14.1. The van der Waals surface area contributed by atoms with Gasteiger partial charge in [-0.25, -0.2) is 4.39 Å². The van der Waals surface area contributed by atoms with Gasteiger partial charge < -0.3 is 10.2 Å². The first kappa shape index (κ1) is 17.8. The summed E-state index contributed by atoms with van der Waals surface area (Å²) in [6, 6.07) is 9.44. The van der Waals surface area contributed by atoms with Crippen LogP contribution in [0.3, 0.4) is 0 Å². The van der Waals surface area contributed by atoms with Gasteiger partial charge in [0.2, 0.25) is 11.8 Å². The van der Waals surface area contributed by atoms with E-state index in [0.29, 0.717) is 5.69 Å². The minimum absolute atomic E-state index is 0.0181. The molecule has 1 heterocycles. The lowest BCUT2D eigenvalue weighted by Gasteiger charge is -2.17. The summed E-state index contributed by atoms with van der Waals surface area (Å²) >= 11 is 5.74. The number of benzene rings is 2. The molecule has 0 bridgehead atoms. The van der Waals surface area contributed by atoms with Gasteiger partial charge in [-0.05, 0) is 24.3 Å². The van der Waals surface area contributed by atoms with Gasteiger partial charge in [0.15, 0.2) is 0 Å². The third kappa shape index (κ3) is 3.65. The Balaban J connectivity index is 1.71. The monoisotopic (exact) mass is 377 g/mol. The number of carbonyl (C=O) groups is 2. The largest absolute Gasteiger partial charge is 0.326 e. The van der Waals surface area contributed by atoms with Crippen molar-refractivity contribution in [3.63, 3.8) is 0 Å². The van der Waals surface area contributed by atoms with Gasteiger partial charge >= 0.3 is 0 Å². The molecule has 0 radical (unpaired) electrons. The summed E-state index contributed by atoms with van der Waals surface area (Å²) in [4.78, 5) is 36.2. The number of hydrogen-bond acceptors (Lipinski definition) is 4. The molecule has 1 saturated heterocycles. The van der Waals surface area contributed by atoms with Crippen LogP contribution >= 0.6 is 11.6 Å². The van der Waals surface area contributed by atoms with Gasteiger partial charge in [0.1, 0.15) is 5.82 Å².